The molecule has 0 saturated carbocycles. The summed E-state index contributed by atoms with van der Waals surface area (Å²) in [5.41, 5.74) is 2.98. The summed E-state index contributed by atoms with van der Waals surface area (Å²) in [6.07, 6.45) is 1.53. The Morgan fingerprint density at radius 1 is 1.09 bits per heavy atom. The summed E-state index contributed by atoms with van der Waals surface area (Å²) in [7, 11) is 3.08. The molecule has 0 fully saturated rings. The second-order valence-electron chi connectivity index (χ2n) is 5.66. The van der Waals surface area contributed by atoms with E-state index in [1.165, 1.54) is 7.11 Å². The largest absolute Gasteiger partial charge is 0.504 e. The van der Waals surface area contributed by atoms with E-state index in [1.807, 2.05) is 12.1 Å². The van der Waals surface area contributed by atoms with Crippen LogP contribution in [0.3, 0.4) is 0 Å². The first-order valence-electron chi connectivity index (χ1n) is 7.62. The fraction of sp³-hybridized carbons (Fsp3) is 0.333. The first-order chi connectivity index (χ1) is 11.1. The molecule has 1 aliphatic heterocycles. The maximum atomic E-state index is 10.5. The van der Waals surface area contributed by atoms with Crippen LogP contribution in [0.1, 0.15) is 22.7 Å². The number of phenols is 2. The van der Waals surface area contributed by atoms with Crippen LogP contribution in [0.4, 0.5) is 0 Å². The van der Waals surface area contributed by atoms with E-state index in [1.54, 1.807) is 25.3 Å². The molecule has 0 aromatic heterocycles. The molecular weight excluding hydrogens is 294 g/mol. The fourth-order valence-electron chi connectivity index (χ4n) is 3.16. The molecule has 0 amide bonds. The molecule has 5 heteroatoms. The van der Waals surface area contributed by atoms with Crippen LogP contribution in [0.5, 0.6) is 23.0 Å². The van der Waals surface area contributed by atoms with Gasteiger partial charge < -0.3 is 25.0 Å². The Balaban J connectivity index is 1.92. The molecular formula is C18H21NO4. The van der Waals surface area contributed by atoms with Crippen LogP contribution in [0.2, 0.25) is 0 Å². The molecule has 0 bridgehead atoms. The van der Waals surface area contributed by atoms with Gasteiger partial charge in [0.2, 0.25) is 0 Å². The maximum absolute atomic E-state index is 10.5. The summed E-state index contributed by atoms with van der Waals surface area (Å²) < 4.78 is 10.3. The molecule has 3 N–H and O–H groups in total. The van der Waals surface area contributed by atoms with Crippen molar-refractivity contribution >= 4 is 0 Å². The summed E-state index contributed by atoms with van der Waals surface area (Å²) in [4.78, 5) is 0. The van der Waals surface area contributed by atoms with E-state index < -0.39 is 0 Å². The van der Waals surface area contributed by atoms with Gasteiger partial charge in [-0.2, -0.15) is 0 Å². The molecule has 23 heavy (non-hydrogen) atoms. The predicted molar refractivity (Wildman–Crippen MR) is 87.5 cm³/mol. The van der Waals surface area contributed by atoms with E-state index in [0.29, 0.717) is 17.9 Å². The average molecular weight is 315 g/mol. The highest BCUT2D eigenvalue weighted by atomic mass is 16.5. The highest BCUT2D eigenvalue weighted by molar-refractivity contribution is 5.53. The summed E-state index contributed by atoms with van der Waals surface area (Å²) in [5, 5.41) is 23.9. The zero-order chi connectivity index (χ0) is 16.4. The molecule has 122 valence electrons. The number of phenolic OH excluding ortho intramolecular Hbond substituents is 2. The van der Waals surface area contributed by atoms with Gasteiger partial charge >= 0.3 is 0 Å². The van der Waals surface area contributed by atoms with Crippen LogP contribution < -0.4 is 14.8 Å². The van der Waals surface area contributed by atoms with Crippen molar-refractivity contribution in [3.8, 4) is 23.0 Å². The van der Waals surface area contributed by atoms with Gasteiger partial charge in [-0.15, -0.1) is 0 Å². The van der Waals surface area contributed by atoms with Crippen molar-refractivity contribution < 1.29 is 19.7 Å². The number of hydrogen-bond donors (Lipinski definition) is 3. The van der Waals surface area contributed by atoms with Crippen molar-refractivity contribution in [2.45, 2.75) is 18.9 Å². The number of ether oxygens (including phenoxy) is 2. The number of fused-ring (bicyclic) bond motifs is 1. The quantitative estimate of drug-likeness (QED) is 0.809. The van der Waals surface area contributed by atoms with E-state index in [0.717, 1.165) is 29.7 Å². The number of benzene rings is 2. The SMILES string of the molecule is COc1ccc(CC2NCCc3ccc(OC)c(O)c32)cc1O. The molecule has 0 aliphatic carbocycles. The van der Waals surface area contributed by atoms with Crippen molar-refractivity contribution in [3.05, 3.63) is 47.0 Å². The van der Waals surface area contributed by atoms with Crippen molar-refractivity contribution in [2.24, 2.45) is 0 Å². The highest BCUT2D eigenvalue weighted by Gasteiger charge is 2.25. The van der Waals surface area contributed by atoms with Gasteiger partial charge in [0.15, 0.2) is 23.0 Å². The summed E-state index contributed by atoms with van der Waals surface area (Å²) in [6.45, 7) is 0.853. The third-order valence-corrected chi connectivity index (χ3v) is 4.31. The summed E-state index contributed by atoms with van der Waals surface area (Å²) in [6, 6.07) is 9.15. The lowest BCUT2D eigenvalue weighted by molar-refractivity contribution is 0.360. The van der Waals surface area contributed by atoms with E-state index in [9.17, 15) is 10.2 Å². The zero-order valence-electron chi connectivity index (χ0n) is 13.3. The summed E-state index contributed by atoms with van der Waals surface area (Å²) in [5.74, 6) is 1.25. The molecule has 1 aliphatic rings. The Morgan fingerprint density at radius 2 is 1.83 bits per heavy atom. The van der Waals surface area contributed by atoms with Crippen LogP contribution in [-0.4, -0.2) is 31.0 Å². The number of nitrogens with one attached hydrogen (secondary N) is 1. The zero-order valence-corrected chi connectivity index (χ0v) is 13.3. The molecule has 2 aromatic rings. The van der Waals surface area contributed by atoms with Gasteiger partial charge in [-0.25, -0.2) is 0 Å². The Hall–Kier alpha value is -2.40. The number of methoxy groups -OCH3 is 2. The van der Waals surface area contributed by atoms with E-state index in [2.05, 4.69) is 5.32 Å². The van der Waals surface area contributed by atoms with Crippen LogP contribution in [-0.2, 0) is 12.8 Å². The maximum Gasteiger partial charge on any atom is 0.162 e. The van der Waals surface area contributed by atoms with Crippen molar-refractivity contribution in [2.75, 3.05) is 20.8 Å². The van der Waals surface area contributed by atoms with Crippen LogP contribution >= 0.6 is 0 Å². The standard InChI is InChI=1S/C18H21NO4/c1-22-15-5-3-11(10-14(15)20)9-13-17-12(7-8-19-13)4-6-16(23-2)18(17)21/h3-6,10,13,19-21H,7-9H2,1-2H3. The topological polar surface area (TPSA) is 71.0 Å². The van der Waals surface area contributed by atoms with Gasteiger partial charge in [0.25, 0.3) is 0 Å². The van der Waals surface area contributed by atoms with Crippen molar-refractivity contribution in [3.63, 3.8) is 0 Å². The minimum Gasteiger partial charge on any atom is -0.504 e. The van der Waals surface area contributed by atoms with Gasteiger partial charge in [-0.05, 0) is 48.7 Å². The Kier molecular flexibility index (Phi) is 4.30. The first-order valence-corrected chi connectivity index (χ1v) is 7.62. The third kappa shape index (κ3) is 2.92. The minimum atomic E-state index is -0.0263. The predicted octanol–water partition coefficient (Wildman–Crippen LogP) is 2.54. The van der Waals surface area contributed by atoms with Gasteiger partial charge in [0.1, 0.15) is 0 Å². The third-order valence-electron chi connectivity index (χ3n) is 4.31. The van der Waals surface area contributed by atoms with Gasteiger partial charge in [-0.1, -0.05) is 12.1 Å². The molecule has 0 saturated heterocycles. The number of hydrogen-bond acceptors (Lipinski definition) is 5. The average Bonchev–Trinajstić information content (AvgIpc) is 2.55. The lowest BCUT2D eigenvalue weighted by Crippen LogP contribution is -2.31. The Morgan fingerprint density at radius 3 is 2.52 bits per heavy atom. The van der Waals surface area contributed by atoms with Crippen LogP contribution in [0.15, 0.2) is 30.3 Å². The lowest BCUT2D eigenvalue weighted by atomic mass is 9.89. The second kappa shape index (κ2) is 6.38. The highest BCUT2D eigenvalue weighted by Crippen LogP contribution is 2.40. The molecule has 0 spiro atoms. The second-order valence-corrected chi connectivity index (χ2v) is 5.66. The van der Waals surface area contributed by atoms with Crippen molar-refractivity contribution in [1.29, 1.82) is 0 Å². The first kappa shape index (κ1) is 15.5. The van der Waals surface area contributed by atoms with Gasteiger partial charge in [0.05, 0.1) is 14.2 Å². The van der Waals surface area contributed by atoms with E-state index >= 15 is 0 Å². The van der Waals surface area contributed by atoms with E-state index in [4.69, 9.17) is 9.47 Å². The fourth-order valence-corrected chi connectivity index (χ4v) is 3.16. The normalized spacial score (nSPS) is 16.7. The van der Waals surface area contributed by atoms with Crippen molar-refractivity contribution in [1.82, 2.24) is 5.32 Å². The lowest BCUT2D eigenvalue weighted by Gasteiger charge is -2.28. The van der Waals surface area contributed by atoms with Gasteiger partial charge in [0, 0.05) is 11.6 Å². The smallest absolute Gasteiger partial charge is 0.162 e. The molecule has 1 heterocycles. The minimum absolute atomic E-state index is 0.0263. The van der Waals surface area contributed by atoms with Crippen LogP contribution in [0, 0.1) is 0 Å². The molecule has 1 atom stereocenters. The Labute approximate surface area is 135 Å². The molecule has 2 aromatic carbocycles. The number of rotatable bonds is 4. The molecule has 3 rings (SSSR count). The van der Waals surface area contributed by atoms with Crippen LogP contribution in [0.25, 0.3) is 0 Å². The van der Waals surface area contributed by atoms with E-state index in [-0.39, 0.29) is 17.5 Å². The monoisotopic (exact) mass is 315 g/mol. The van der Waals surface area contributed by atoms with Gasteiger partial charge in [-0.3, -0.25) is 0 Å². The molecule has 1 unspecified atom stereocenters. The molecule has 0 radical (unpaired) electrons. The Bertz CT molecular complexity index is 714. The summed E-state index contributed by atoms with van der Waals surface area (Å²) >= 11 is 0. The molecule has 5 nitrogen and oxygen atoms in total. The number of aromatic hydroxyl groups is 2.